The Hall–Kier alpha value is -3.38. The number of carbonyl (C=O) groups excluding carboxylic acids is 2. The minimum Gasteiger partial charge on any atom is -0.472 e. The van der Waals surface area contributed by atoms with Crippen LogP contribution in [0.25, 0.3) is 0 Å². The van der Waals surface area contributed by atoms with E-state index in [0.717, 1.165) is 5.56 Å². The van der Waals surface area contributed by atoms with Crippen molar-refractivity contribution in [3.8, 4) is 0 Å². The second-order valence-electron chi connectivity index (χ2n) is 7.79. The summed E-state index contributed by atoms with van der Waals surface area (Å²) in [6.07, 6.45) is 3.30. The molecule has 6 nitrogen and oxygen atoms in total. The Labute approximate surface area is 182 Å². The molecule has 0 radical (unpaired) electrons. The van der Waals surface area contributed by atoms with Crippen molar-refractivity contribution >= 4 is 11.8 Å². The van der Waals surface area contributed by atoms with Crippen LogP contribution in [0.1, 0.15) is 29.0 Å². The molecule has 6 heteroatoms. The van der Waals surface area contributed by atoms with E-state index in [4.69, 9.17) is 4.42 Å². The average Bonchev–Trinajstić information content (AvgIpc) is 3.33. The van der Waals surface area contributed by atoms with Crippen molar-refractivity contribution in [3.63, 3.8) is 0 Å². The number of furan rings is 1. The van der Waals surface area contributed by atoms with E-state index < -0.39 is 6.04 Å². The molecule has 2 amide bonds. The topological polar surface area (TPSA) is 74.6 Å². The largest absolute Gasteiger partial charge is 0.472 e. The maximum absolute atomic E-state index is 12.7. The SMILES string of the molecule is O=C(C[C@H]1C(=O)NCCN1CC(c1ccccc1)c1ccccc1)NCc1ccoc1. The molecular weight excluding hydrogens is 390 g/mol. The van der Waals surface area contributed by atoms with Gasteiger partial charge in [0.1, 0.15) is 0 Å². The molecule has 4 rings (SSSR count). The molecule has 1 aromatic heterocycles. The van der Waals surface area contributed by atoms with Crippen molar-refractivity contribution in [1.82, 2.24) is 15.5 Å². The first-order valence-corrected chi connectivity index (χ1v) is 10.6. The number of hydrogen-bond donors (Lipinski definition) is 2. The summed E-state index contributed by atoms with van der Waals surface area (Å²) in [6, 6.07) is 22.0. The highest BCUT2D eigenvalue weighted by molar-refractivity contribution is 5.88. The zero-order valence-electron chi connectivity index (χ0n) is 17.4. The van der Waals surface area contributed by atoms with Gasteiger partial charge in [-0.1, -0.05) is 60.7 Å². The molecule has 2 heterocycles. The molecule has 3 aromatic rings. The molecule has 0 saturated carbocycles. The summed E-state index contributed by atoms with van der Waals surface area (Å²) < 4.78 is 5.04. The van der Waals surface area contributed by atoms with Gasteiger partial charge in [-0.25, -0.2) is 0 Å². The van der Waals surface area contributed by atoms with E-state index in [2.05, 4.69) is 39.8 Å². The maximum Gasteiger partial charge on any atom is 0.237 e. The quantitative estimate of drug-likeness (QED) is 0.591. The van der Waals surface area contributed by atoms with Crippen molar-refractivity contribution < 1.29 is 14.0 Å². The van der Waals surface area contributed by atoms with E-state index in [-0.39, 0.29) is 24.2 Å². The fourth-order valence-electron chi connectivity index (χ4n) is 4.05. The number of nitrogens with one attached hydrogen (secondary N) is 2. The van der Waals surface area contributed by atoms with Gasteiger partial charge in [-0.05, 0) is 17.2 Å². The van der Waals surface area contributed by atoms with Crippen molar-refractivity contribution in [2.24, 2.45) is 0 Å². The normalized spacial score (nSPS) is 16.8. The minimum atomic E-state index is -0.493. The predicted molar refractivity (Wildman–Crippen MR) is 118 cm³/mol. The van der Waals surface area contributed by atoms with Crippen LogP contribution in [-0.2, 0) is 16.1 Å². The summed E-state index contributed by atoms with van der Waals surface area (Å²) in [6.45, 7) is 2.35. The van der Waals surface area contributed by atoms with Crippen LogP contribution in [0.15, 0.2) is 83.7 Å². The smallest absolute Gasteiger partial charge is 0.237 e. The van der Waals surface area contributed by atoms with Gasteiger partial charge in [0, 0.05) is 37.7 Å². The average molecular weight is 418 g/mol. The molecule has 2 aromatic carbocycles. The Bertz CT molecular complexity index is 934. The van der Waals surface area contributed by atoms with Gasteiger partial charge in [-0.2, -0.15) is 0 Å². The van der Waals surface area contributed by atoms with Crippen LogP contribution in [0.4, 0.5) is 0 Å². The molecule has 1 aliphatic heterocycles. The third-order valence-electron chi connectivity index (χ3n) is 5.71. The van der Waals surface area contributed by atoms with Gasteiger partial charge in [-0.15, -0.1) is 0 Å². The second-order valence-corrected chi connectivity index (χ2v) is 7.79. The van der Waals surface area contributed by atoms with Crippen LogP contribution >= 0.6 is 0 Å². The van der Waals surface area contributed by atoms with E-state index in [1.54, 1.807) is 12.5 Å². The van der Waals surface area contributed by atoms with Crippen LogP contribution in [-0.4, -0.2) is 42.4 Å². The number of piperazine rings is 1. The van der Waals surface area contributed by atoms with Crippen molar-refractivity contribution in [2.75, 3.05) is 19.6 Å². The summed E-state index contributed by atoms with van der Waals surface area (Å²) in [5.41, 5.74) is 3.29. The number of nitrogens with zero attached hydrogens (tertiary/aromatic N) is 1. The summed E-state index contributed by atoms with van der Waals surface area (Å²) in [5, 5.41) is 5.80. The second kappa shape index (κ2) is 10.1. The summed E-state index contributed by atoms with van der Waals surface area (Å²) in [7, 11) is 0. The van der Waals surface area contributed by atoms with Crippen molar-refractivity contribution in [2.45, 2.75) is 24.9 Å². The third-order valence-corrected chi connectivity index (χ3v) is 5.71. The predicted octanol–water partition coefficient (Wildman–Crippen LogP) is 2.92. The van der Waals surface area contributed by atoms with E-state index in [1.807, 2.05) is 42.5 Å². The molecule has 1 saturated heterocycles. The van der Waals surface area contributed by atoms with Crippen LogP contribution in [0.5, 0.6) is 0 Å². The van der Waals surface area contributed by atoms with Crippen LogP contribution in [0.3, 0.4) is 0 Å². The first-order valence-electron chi connectivity index (χ1n) is 10.6. The van der Waals surface area contributed by atoms with Gasteiger partial charge in [0.05, 0.1) is 25.0 Å². The molecular formula is C25H27N3O3. The van der Waals surface area contributed by atoms with Crippen LogP contribution in [0, 0.1) is 0 Å². The highest BCUT2D eigenvalue weighted by atomic mass is 16.3. The zero-order chi connectivity index (χ0) is 21.5. The Morgan fingerprint density at radius 1 is 1.06 bits per heavy atom. The highest BCUT2D eigenvalue weighted by Crippen LogP contribution is 2.27. The molecule has 0 aliphatic carbocycles. The first-order chi connectivity index (χ1) is 15.2. The number of benzene rings is 2. The molecule has 160 valence electrons. The minimum absolute atomic E-state index is 0.0930. The molecule has 0 bridgehead atoms. The molecule has 2 N–H and O–H groups in total. The monoisotopic (exact) mass is 417 g/mol. The molecule has 0 unspecified atom stereocenters. The van der Waals surface area contributed by atoms with Gasteiger partial charge in [-0.3, -0.25) is 14.5 Å². The molecule has 1 aliphatic rings. The number of hydrogen-bond acceptors (Lipinski definition) is 4. The molecule has 1 atom stereocenters. The lowest BCUT2D eigenvalue weighted by Gasteiger charge is -2.37. The highest BCUT2D eigenvalue weighted by Gasteiger charge is 2.33. The Morgan fingerprint density at radius 2 is 1.74 bits per heavy atom. The molecule has 31 heavy (non-hydrogen) atoms. The van der Waals surface area contributed by atoms with E-state index in [0.29, 0.717) is 26.2 Å². The summed E-state index contributed by atoms with van der Waals surface area (Å²) >= 11 is 0. The standard InChI is InChI=1S/C25H27N3O3/c29-24(27-16-19-11-14-31-18-19)15-23-25(30)26-12-13-28(23)17-22(20-7-3-1-4-8-20)21-9-5-2-6-10-21/h1-11,14,18,22-23H,12-13,15-17H2,(H,26,30)(H,27,29)/t23-/m0/s1. The van der Waals surface area contributed by atoms with Gasteiger partial charge < -0.3 is 15.1 Å². The number of carbonyl (C=O) groups is 2. The van der Waals surface area contributed by atoms with E-state index in [1.165, 1.54) is 11.1 Å². The van der Waals surface area contributed by atoms with E-state index in [9.17, 15) is 9.59 Å². The molecule has 0 spiro atoms. The Balaban J connectivity index is 1.49. The summed E-state index contributed by atoms with van der Waals surface area (Å²) in [4.78, 5) is 27.4. The zero-order valence-corrected chi connectivity index (χ0v) is 17.4. The number of amides is 2. The lowest BCUT2D eigenvalue weighted by atomic mass is 9.90. The number of rotatable bonds is 8. The lowest BCUT2D eigenvalue weighted by molar-refractivity contribution is -0.134. The van der Waals surface area contributed by atoms with Gasteiger partial charge >= 0.3 is 0 Å². The fraction of sp³-hybridized carbons (Fsp3) is 0.280. The Morgan fingerprint density at radius 3 is 2.35 bits per heavy atom. The van der Waals surface area contributed by atoms with Crippen LogP contribution in [0.2, 0.25) is 0 Å². The summed E-state index contributed by atoms with van der Waals surface area (Å²) in [5.74, 6) is -0.126. The Kier molecular flexibility index (Phi) is 6.79. The van der Waals surface area contributed by atoms with Gasteiger partial charge in [0.25, 0.3) is 0 Å². The maximum atomic E-state index is 12.7. The first kappa shape index (κ1) is 20.9. The van der Waals surface area contributed by atoms with Crippen LogP contribution < -0.4 is 10.6 Å². The third kappa shape index (κ3) is 5.41. The fourth-order valence-corrected chi connectivity index (χ4v) is 4.05. The van der Waals surface area contributed by atoms with Gasteiger partial charge in [0.15, 0.2) is 0 Å². The van der Waals surface area contributed by atoms with Gasteiger partial charge in [0.2, 0.25) is 11.8 Å². The van der Waals surface area contributed by atoms with Crippen molar-refractivity contribution in [3.05, 3.63) is 95.9 Å². The van der Waals surface area contributed by atoms with E-state index >= 15 is 0 Å². The van der Waals surface area contributed by atoms with Crippen molar-refractivity contribution in [1.29, 1.82) is 0 Å². The molecule has 1 fully saturated rings. The lowest BCUT2D eigenvalue weighted by Crippen LogP contribution is -2.57.